The number of benzene rings is 1. The van der Waals surface area contributed by atoms with Crippen molar-refractivity contribution >= 4 is 5.91 Å². The molecular formula is C18H17N3O4. The molecule has 0 unspecified atom stereocenters. The summed E-state index contributed by atoms with van der Waals surface area (Å²) >= 11 is 0. The number of hydrogen-bond donors (Lipinski definition) is 1. The van der Waals surface area contributed by atoms with E-state index in [0.29, 0.717) is 17.5 Å². The largest absolute Gasteiger partial charge is 0.497 e. The van der Waals surface area contributed by atoms with E-state index in [4.69, 9.17) is 13.7 Å². The van der Waals surface area contributed by atoms with Crippen LogP contribution in [0.3, 0.4) is 0 Å². The van der Waals surface area contributed by atoms with Crippen molar-refractivity contribution in [1.82, 2.24) is 15.5 Å². The Kier molecular flexibility index (Phi) is 3.97. The van der Waals surface area contributed by atoms with Crippen LogP contribution in [0.5, 0.6) is 5.75 Å². The number of carbonyl (C=O) groups is 1. The normalized spacial score (nSPS) is 18.8. The Balaban J connectivity index is 1.31. The quantitative estimate of drug-likeness (QED) is 0.742. The number of methoxy groups -OCH3 is 1. The van der Waals surface area contributed by atoms with E-state index >= 15 is 0 Å². The van der Waals surface area contributed by atoms with E-state index in [1.54, 1.807) is 19.2 Å². The molecule has 1 amide bonds. The highest BCUT2D eigenvalue weighted by Crippen LogP contribution is 2.47. The molecule has 1 saturated carbocycles. The van der Waals surface area contributed by atoms with Gasteiger partial charge in [0.15, 0.2) is 11.6 Å². The molecule has 0 radical (unpaired) electrons. The van der Waals surface area contributed by atoms with Crippen LogP contribution < -0.4 is 10.1 Å². The Bertz CT molecular complexity index is 855. The third-order valence-electron chi connectivity index (χ3n) is 4.29. The summed E-state index contributed by atoms with van der Waals surface area (Å²) in [4.78, 5) is 16.5. The Morgan fingerprint density at radius 2 is 2.16 bits per heavy atom. The minimum Gasteiger partial charge on any atom is -0.497 e. The minimum atomic E-state index is -0.00941. The molecule has 0 saturated heterocycles. The lowest BCUT2D eigenvalue weighted by Gasteiger charge is -2.04. The highest BCUT2D eigenvalue weighted by atomic mass is 16.5. The van der Waals surface area contributed by atoms with Gasteiger partial charge in [0.05, 0.1) is 19.9 Å². The first-order valence-electron chi connectivity index (χ1n) is 8.02. The van der Waals surface area contributed by atoms with Crippen molar-refractivity contribution in [2.45, 2.75) is 18.9 Å². The van der Waals surface area contributed by atoms with Gasteiger partial charge < -0.3 is 19.0 Å². The maximum absolute atomic E-state index is 12.3. The lowest BCUT2D eigenvalue weighted by Crippen LogP contribution is -2.25. The number of furan rings is 1. The molecule has 4 rings (SSSR count). The van der Waals surface area contributed by atoms with Crippen molar-refractivity contribution in [2.24, 2.45) is 5.92 Å². The third kappa shape index (κ3) is 3.26. The van der Waals surface area contributed by atoms with E-state index in [1.165, 1.54) is 6.26 Å². The van der Waals surface area contributed by atoms with Crippen LogP contribution in [0.1, 0.15) is 23.7 Å². The number of nitrogens with zero attached hydrogens (tertiary/aromatic N) is 2. The number of nitrogens with one attached hydrogen (secondary N) is 1. The Hall–Kier alpha value is -3.09. The molecule has 0 spiro atoms. The van der Waals surface area contributed by atoms with Crippen molar-refractivity contribution in [1.29, 1.82) is 0 Å². The van der Waals surface area contributed by atoms with Gasteiger partial charge in [-0.05, 0) is 42.2 Å². The van der Waals surface area contributed by atoms with E-state index in [-0.39, 0.29) is 24.3 Å². The Morgan fingerprint density at radius 3 is 2.88 bits per heavy atom. The van der Waals surface area contributed by atoms with E-state index in [0.717, 1.165) is 17.7 Å². The highest BCUT2D eigenvalue weighted by Gasteiger charge is 2.43. The van der Waals surface area contributed by atoms with Crippen LogP contribution in [-0.2, 0) is 11.3 Å². The summed E-state index contributed by atoms with van der Waals surface area (Å²) in [5, 5.41) is 6.71. The molecule has 2 atom stereocenters. The predicted octanol–water partition coefficient (Wildman–Crippen LogP) is 2.76. The number of aromatic nitrogens is 2. The van der Waals surface area contributed by atoms with Crippen LogP contribution in [0.4, 0.5) is 0 Å². The molecule has 128 valence electrons. The molecule has 1 aliphatic rings. The summed E-state index contributed by atoms with van der Waals surface area (Å²) in [6.07, 6.45) is 2.38. The fourth-order valence-electron chi connectivity index (χ4n) is 2.83. The molecule has 25 heavy (non-hydrogen) atoms. The van der Waals surface area contributed by atoms with Crippen molar-refractivity contribution in [2.75, 3.05) is 7.11 Å². The van der Waals surface area contributed by atoms with Gasteiger partial charge in [0.25, 0.3) is 5.89 Å². The van der Waals surface area contributed by atoms with Gasteiger partial charge in [-0.25, -0.2) is 0 Å². The fraction of sp³-hybridized carbons (Fsp3) is 0.278. The lowest BCUT2D eigenvalue weighted by molar-refractivity contribution is -0.122. The van der Waals surface area contributed by atoms with Crippen LogP contribution in [0.25, 0.3) is 11.7 Å². The average Bonchev–Trinajstić information content (AvgIpc) is 3.05. The van der Waals surface area contributed by atoms with Crippen molar-refractivity contribution in [3.8, 4) is 17.4 Å². The van der Waals surface area contributed by atoms with Gasteiger partial charge in [-0.2, -0.15) is 4.98 Å². The molecule has 1 aromatic carbocycles. The van der Waals surface area contributed by atoms with Gasteiger partial charge in [-0.15, -0.1) is 0 Å². The second-order valence-electron chi connectivity index (χ2n) is 5.93. The number of ether oxygens (including phenoxy) is 1. The van der Waals surface area contributed by atoms with E-state index < -0.39 is 0 Å². The minimum absolute atomic E-state index is 0.00478. The predicted molar refractivity (Wildman–Crippen MR) is 87.7 cm³/mol. The third-order valence-corrected chi connectivity index (χ3v) is 4.29. The zero-order chi connectivity index (χ0) is 17.2. The SMILES string of the molecule is COc1ccc([C@@H]2C[C@@H]2C(=O)NCc2noc(-c3ccco3)n2)cc1. The van der Waals surface area contributed by atoms with Gasteiger partial charge in [0.2, 0.25) is 5.91 Å². The number of amides is 1. The van der Waals surface area contributed by atoms with Gasteiger partial charge in [-0.1, -0.05) is 17.3 Å². The van der Waals surface area contributed by atoms with E-state index in [1.807, 2.05) is 24.3 Å². The summed E-state index contributed by atoms with van der Waals surface area (Å²) in [7, 11) is 1.64. The first-order chi connectivity index (χ1) is 12.2. The molecule has 1 aliphatic carbocycles. The van der Waals surface area contributed by atoms with Gasteiger partial charge in [0.1, 0.15) is 5.75 Å². The van der Waals surface area contributed by atoms with Crippen LogP contribution in [-0.4, -0.2) is 23.2 Å². The van der Waals surface area contributed by atoms with Crippen LogP contribution in [0.15, 0.2) is 51.6 Å². The topological polar surface area (TPSA) is 90.4 Å². The maximum atomic E-state index is 12.3. The van der Waals surface area contributed by atoms with Crippen molar-refractivity contribution in [3.63, 3.8) is 0 Å². The maximum Gasteiger partial charge on any atom is 0.293 e. The molecule has 2 aromatic heterocycles. The van der Waals surface area contributed by atoms with Crippen molar-refractivity contribution in [3.05, 3.63) is 54.0 Å². The number of carbonyl (C=O) groups excluding carboxylic acids is 1. The van der Waals surface area contributed by atoms with Crippen LogP contribution in [0, 0.1) is 5.92 Å². The number of hydrogen-bond acceptors (Lipinski definition) is 6. The first-order valence-corrected chi connectivity index (χ1v) is 8.02. The highest BCUT2D eigenvalue weighted by molar-refractivity contribution is 5.82. The molecule has 0 aliphatic heterocycles. The van der Waals surface area contributed by atoms with Crippen LogP contribution >= 0.6 is 0 Å². The van der Waals surface area contributed by atoms with Gasteiger partial charge in [0, 0.05) is 5.92 Å². The summed E-state index contributed by atoms with van der Waals surface area (Å²) in [6.45, 7) is 0.231. The molecular weight excluding hydrogens is 322 g/mol. The summed E-state index contributed by atoms with van der Waals surface area (Å²) in [6, 6.07) is 11.3. The van der Waals surface area contributed by atoms with Crippen LogP contribution in [0.2, 0.25) is 0 Å². The Morgan fingerprint density at radius 1 is 1.32 bits per heavy atom. The molecule has 2 heterocycles. The average molecular weight is 339 g/mol. The Labute approximate surface area is 144 Å². The second kappa shape index (κ2) is 6.43. The molecule has 7 heteroatoms. The fourth-order valence-corrected chi connectivity index (χ4v) is 2.83. The first kappa shape index (κ1) is 15.4. The second-order valence-corrected chi connectivity index (χ2v) is 5.93. The van der Waals surface area contributed by atoms with Gasteiger partial charge >= 0.3 is 0 Å². The van der Waals surface area contributed by atoms with E-state index in [2.05, 4.69) is 15.5 Å². The van der Waals surface area contributed by atoms with Crippen molar-refractivity contribution < 1.29 is 18.5 Å². The number of rotatable bonds is 6. The lowest BCUT2D eigenvalue weighted by atomic mass is 10.1. The smallest absolute Gasteiger partial charge is 0.293 e. The monoisotopic (exact) mass is 339 g/mol. The molecule has 0 bridgehead atoms. The zero-order valence-corrected chi connectivity index (χ0v) is 13.6. The molecule has 1 fully saturated rings. The summed E-state index contributed by atoms with van der Waals surface area (Å²) < 4.78 is 15.5. The van der Waals surface area contributed by atoms with Gasteiger partial charge in [-0.3, -0.25) is 4.79 Å². The standard InChI is InChI=1S/C18H17N3O4/c1-23-12-6-4-11(5-7-12)13-9-14(13)17(22)19-10-16-20-18(25-21-16)15-3-2-8-24-15/h2-8,13-14H,9-10H2,1H3,(H,19,22)/t13-,14-/m0/s1. The summed E-state index contributed by atoms with van der Waals surface area (Å²) in [5.74, 6) is 2.30. The zero-order valence-electron chi connectivity index (χ0n) is 13.6. The van der Waals surface area contributed by atoms with E-state index in [9.17, 15) is 4.79 Å². The molecule has 1 N–H and O–H groups in total. The summed E-state index contributed by atoms with van der Waals surface area (Å²) in [5.41, 5.74) is 1.15. The molecule has 7 nitrogen and oxygen atoms in total. The molecule has 3 aromatic rings.